The van der Waals surface area contributed by atoms with E-state index in [9.17, 15) is 5.11 Å². The van der Waals surface area contributed by atoms with Crippen LogP contribution in [0.1, 0.15) is 24.2 Å². The fraction of sp³-hybridized carbons (Fsp3) is 0.800. The zero-order chi connectivity index (χ0) is 15.4. The van der Waals surface area contributed by atoms with Crippen LogP contribution in [0.5, 0.6) is 0 Å². The molecule has 0 spiro atoms. The molecular weight excluding hydrogens is 268 g/mol. The molecule has 1 fully saturated rings. The molecule has 1 aliphatic rings. The van der Waals surface area contributed by atoms with Crippen LogP contribution >= 0.6 is 0 Å². The Labute approximate surface area is 126 Å². The molecule has 2 rings (SSSR count). The second-order valence-electron chi connectivity index (χ2n) is 6.20. The molecule has 0 aliphatic carbocycles. The summed E-state index contributed by atoms with van der Waals surface area (Å²) in [6.45, 7) is 7.71. The van der Waals surface area contributed by atoms with Crippen molar-refractivity contribution in [1.29, 1.82) is 0 Å². The Kier molecular flexibility index (Phi) is 5.61. The molecule has 1 aromatic heterocycles. The predicted octanol–water partition coefficient (Wildman–Crippen LogP) is 0.801. The monoisotopic (exact) mass is 296 g/mol. The summed E-state index contributed by atoms with van der Waals surface area (Å²) in [5, 5.41) is 14.6. The number of nitrogen functional groups attached to an aromatic ring is 1. The molecule has 21 heavy (non-hydrogen) atoms. The third kappa shape index (κ3) is 4.43. The minimum absolute atomic E-state index is 0.438. The lowest BCUT2D eigenvalue weighted by Crippen LogP contribution is -2.36. The molecule has 6 nitrogen and oxygen atoms in total. The normalized spacial score (nSPS) is 18.3. The third-order valence-electron chi connectivity index (χ3n) is 4.25. The van der Waals surface area contributed by atoms with Gasteiger partial charge in [-0.1, -0.05) is 0 Å². The zero-order valence-corrected chi connectivity index (χ0v) is 13.4. The van der Waals surface area contributed by atoms with Crippen molar-refractivity contribution in [3.8, 4) is 0 Å². The molecule has 120 valence electrons. The summed E-state index contributed by atoms with van der Waals surface area (Å²) in [5.41, 5.74) is 8.39. The summed E-state index contributed by atoms with van der Waals surface area (Å²) in [5.74, 6) is 0.681. The van der Waals surface area contributed by atoms with Crippen molar-refractivity contribution in [2.24, 2.45) is 5.92 Å². The van der Waals surface area contributed by atoms with E-state index in [2.05, 4.69) is 17.0 Å². The van der Waals surface area contributed by atoms with E-state index in [1.165, 1.54) is 0 Å². The maximum atomic E-state index is 10.3. The number of ether oxygens (including phenoxy) is 1. The van der Waals surface area contributed by atoms with Crippen LogP contribution in [0.4, 0.5) is 5.69 Å². The van der Waals surface area contributed by atoms with Crippen molar-refractivity contribution < 1.29 is 9.84 Å². The van der Waals surface area contributed by atoms with Gasteiger partial charge in [0.25, 0.3) is 0 Å². The second-order valence-corrected chi connectivity index (χ2v) is 6.20. The molecule has 3 N–H and O–H groups in total. The number of hydrogen-bond donors (Lipinski definition) is 2. The van der Waals surface area contributed by atoms with Gasteiger partial charge in [-0.25, -0.2) is 0 Å². The van der Waals surface area contributed by atoms with Crippen LogP contribution in [0.2, 0.25) is 0 Å². The summed E-state index contributed by atoms with van der Waals surface area (Å²) in [6, 6.07) is 0. The highest BCUT2D eigenvalue weighted by atomic mass is 16.5. The quantitative estimate of drug-likeness (QED) is 0.812. The van der Waals surface area contributed by atoms with Gasteiger partial charge in [-0.05, 0) is 39.7 Å². The summed E-state index contributed by atoms with van der Waals surface area (Å²) in [7, 11) is 2.06. The van der Waals surface area contributed by atoms with Crippen molar-refractivity contribution in [2.45, 2.75) is 39.3 Å². The van der Waals surface area contributed by atoms with E-state index in [0.717, 1.165) is 49.7 Å². The average molecular weight is 296 g/mol. The molecule has 0 aromatic carbocycles. The molecule has 1 unspecified atom stereocenters. The zero-order valence-electron chi connectivity index (χ0n) is 13.4. The summed E-state index contributed by atoms with van der Waals surface area (Å²) in [4.78, 5) is 2.20. The van der Waals surface area contributed by atoms with Crippen molar-refractivity contribution >= 4 is 5.69 Å². The van der Waals surface area contributed by atoms with E-state index < -0.39 is 6.10 Å². The molecule has 1 aromatic rings. The highest BCUT2D eigenvalue weighted by molar-refractivity contribution is 5.46. The van der Waals surface area contributed by atoms with E-state index >= 15 is 0 Å². The first-order valence-electron chi connectivity index (χ1n) is 7.71. The molecule has 0 radical (unpaired) electrons. The molecule has 1 atom stereocenters. The van der Waals surface area contributed by atoms with Crippen LogP contribution in [0.15, 0.2) is 0 Å². The Bertz CT molecular complexity index is 455. The van der Waals surface area contributed by atoms with E-state index in [0.29, 0.717) is 19.0 Å². The lowest BCUT2D eigenvalue weighted by atomic mass is 10.00. The number of nitrogens with zero attached hydrogens (tertiary/aromatic N) is 3. The number of aliphatic hydroxyl groups excluding tert-OH is 1. The van der Waals surface area contributed by atoms with Crippen LogP contribution in [0.3, 0.4) is 0 Å². The van der Waals surface area contributed by atoms with Crippen LogP contribution in [0.25, 0.3) is 0 Å². The van der Waals surface area contributed by atoms with Gasteiger partial charge in [0.1, 0.15) is 0 Å². The number of aromatic nitrogens is 2. The van der Waals surface area contributed by atoms with Gasteiger partial charge in [-0.3, -0.25) is 4.68 Å². The second kappa shape index (κ2) is 7.24. The van der Waals surface area contributed by atoms with Crippen molar-refractivity contribution in [1.82, 2.24) is 14.7 Å². The number of rotatable bonds is 6. The first kappa shape index (κ1) is 16.3. The van der Waals surface area contributed by atoms with Gasteiger partial charge in [0, 0.05) is 26.3 Å². The van der Waals surface area contributed by atoms with E-state index in [-0.39, 0.29) is 0 Å². The summed E-state index contributed by atoms with van der Waals surface area (Å²) < 4.78 is 7.18. The van der Waals surface area contributed by atoms with E-state index in [1.807, 2.05) is 13.8 Å². The van der Waals surface area contributed by atoms with Crippen LogP contribution in [-0.2, 0) is 11.3 Å². The Morgan fingerprint density at radius 1 is 1.43 bits per heavy atom. The molecule has 1 aliphatic heterocycles. The molecular formula is C15H28N4O2. The lowest BCUT2D eigenvalue weighted by Gasteiger charge is -2.28. The largest absolute Gasteiger partial charge is 0.396 e. The highest BCUT2D eigenvalue weighted by Gasteiger charge is 2.18. The first-order chi connectivity index (χ1) is 9.97. The van der Waals surface area contributed by atoms with Crippen LogP contribution in [-0.4, -0.2) is 59.2 Å². The van der Waals surface area contributed by atoms with Crippen molar-refractivity contribution in [2.75, 3.05) is 39.1 Å². The number of hydrogen-bond acceptors (Lipinski definition) is 5. The average Bonchev–Trinajstić information content (AvgIpc) is 2.67. The van der Waals surface area contributed by atoms with Crippen molar-refractivity contribution in [3.63, 3.8) is 0 Å². The lowest BCUT2D eigenvalue weighted by molar-refractivity contribution is 0.0454. The van der Waals surface area contributed by atoms with Gasteiger partial charge in [0.15, 0.2) is 0 Å². The Balaban J connectivity index is 1.80. The van der Waals surface area contributed by atoms with E-state index in [4.69, 9.17) is 10.5 Å². The number of likely N-dealkylation sites (N-methyl/N-ethyl adjacent to an activating group) is 1. The molecule has 0 saturated carbocycles. The molecule has 1 saturated heterocycles. The summed E-state index contributed by atoms with van der Waals surface area (Å²) in [6.07, 6.45) is 1.80. The van der Waals surface area contributed by atoms with Gasteiger partial charge >= 0.3 is 0 Å². The first-order valence-corrected chi connectivity index (χ1v) is 7.71. The van der Waals surface area contributed by atoms with Gasteiger partial charge in [0.05, 0.1) is 29.7 Å². The minimum atomic E-state index is -0.438. The third-order valence-corrected chi connectivity index (χ3v) is 4.25. The fourth-order valence-electron chi connectivity index (χ4n) is 2.95. The molecule has 0 bridgehead atoms. The number of nitrogens with two attached hydrogens (primary N) is 1. The van der Waals surface area contributed by atoms with Crippen molar-refractivity contribution in [3.05, 3.63) is 11.4 Å². The molecule has 6 heteroatoms. The predicted molar refractivity (Wildman–Crippen MR) is 83.2 cm³/mol. The van der Waals surface area contributed by atoms with Crippen LogP contribution < -0.4 is 5.73 Å². The van der Waals surface area contributed by atoms with Crippen LogP contribution in [0, 0.1) is 19.8 Å². The van der Waals surface area contributed by atoms with Gasteiger partial charge in [0.2, 0.25) is 0 Å². The minimum Gasteiger partial charge on any atom is -0.396 e. The summed E-state index contributed by atoms with van der Waals surface area (Å²) >= 11 is 0. The topological polar surface area (TPSA) is 76.5 Å². The van der Waals surface area contributed by atoms with Gasteiger partial charge in [-0.15, -0.1) is 0 Å². The number of anilines is 1. The Hall–Kier alpha value is -1.11. The fourth-order valence-corrected chi connectivity index (χ4v) is 2.95. The Morgan fingerprint density at radius 2 is 2.10 bits per heavy atom. The number of aryl methyl sites for hydroxylation is 1. The maximum absolute atomic E-state index is 10.3. The standard InChI is InChI=1S/C15H28N4O2/c1-11-15(16)12(2)19(17-11)10-14(20)9-18(3)8-13-4-6-21-7-5-13/h13-14,20H,4-10,16H2,1-3H3. The highest BCUT2D eigenvalue weighted by Crippen LogP contribution is 2.17. The van der Waals surface area contributed by atoms with E-state index in [1.54, 1.807) is 4.68 Å². The SMILES string of the molecule is Cc1nn(CC(O)CN(C)CC2CCOCC2)c(C)c1N. The molecule has 2 heterocycles. The number of aliphatic hydroxyl groups is 1. The maximum Gasteiger partial charge on any atom is 0.0862 e. The van der Waals surface area contributed by atoms with Gasteiger partial charge in [-0.2, -0.15) is 5.10 Å². The smallest absolute Gasteiger partial charge is 0.0862 e. The Morgan fingerprint density at radius 3 is 2.67 bits per heavy atom. The van der Waals surface area contributed by atoms with Gasteiger partial charge < -0.3 is 20.5 Å². The molecule has 0 amide bonds.